The molecular weight excluding hydrogens is 223 g/mol. The Labute approximate surface area is 99.2 Å². The minimum atomic E-state index is -0.398. The van der Waals surface area contributed by atoms with Crippen molar-refractivity contribution in [2.24, 2.45) is 5.92 Å². The van der Waals surface area contributed by atoms with Gasteiger partial charge in [0.05, 0.1) is 18.7 Å². The van der Waals surface area contributed by atoms with E-state index in [0.717, 1.165) is 13.0 Å². The molecule has 1 atom stereocenters. The Kier molecular flexibility index (Phi) is 3.58. The number of hydrogen-bond donors (Lipinski definition) is 2. The molecule has 0 aliphatic carbocycles. The number of amides is 1. The highest BCUT2D eigenvalue weighted by molar-refractivity contribution is 5.94. The van der Waals surface area contributed by atoms with Gasteiger partial charge in [-0.15, -0.1) is 0 Å². The van der Waals surface area contributed by atoms with Gasteiger partial charge in [0.15, 0.2) is 0 Å². The molecule has 2 N–H and O–H groups in total. The van der Waals surface area contributed by atoms with Crippen molar-refractivity contribution in [2.45, 2.75) is 6.42 Å². The van der Waals surface area contributed by atoms with Crippen LogP contribution in [0.5, 0.6) is 5.75 Å². The van der Waals surface area contributed by atoms with Gasteiger partial charge in [-0.1, -0.05) is 0 Å². The Morgan fingerprint density at radius 3 is 3.06 bits per heavy atom. The normalized spacial score (nSPS) is 19.1. The summed E-state index contributed by atoms with van der Waals surface area (Å²) in [7, 11) is 1.49. The van der Waals surface area contributed by atoms with E-state index >= 15 is 0 Å². The number of nitrogens with one attached hydrogen (secondary N) is 2. The standard InChI is InChI=1S/C12H15FN2O2/c1-17-11-3-2-9(13)6-10(11)15-12(16)8-4-5-14-7-8/h2-3,6,8,14H,4-5,7H2,1H3,(H,15,16). The van der Waals surface area contributed by atoms with Gasteiger partial charge in [0.25, 0.3) is 0 Å². The highest BCUT2D eigenvalue weighted by Gasteiger charge is 2.23. The van der Waals surface area contributed by atoms with Crippen LogP contribution >= 0.6 is 0 Å². The molecule has 2 rings (SSSR count). The molecule has 5 heteroatoms. The van der Waals surface area contributed by atoms with Crippen LogP contribution in [0.15, 0.2) is 18.2 Å². The largest absolute Gasteiger partial charge is 0.495 e. The molecule has 0 spiro atoms. The number of anilines is 1. The lowest BCUT2D eigenvalue weighted by Crippen LogP contribution is -2.24. The Bertz CT molecular complexity index is 417. The summed E-state index contributed by atoms with van der Waals surface area (Å²) in [4.78, 5) is 11.9. The molecule has 1 amide bonds. The van der Waals surface area contributed by atoms with Crippen LogP contribution in [0.2, 0.25) is 0 Å². The molecule has 1 saturated heterocycles. The molecule has 1 aromatic rings. The van der Waals surface area contributed by atoms with Crippen LogP contribution in [0, 0.1) is 11.7 Å². The van der Waals surface area contributed by atoms with Gasteiger partial charge in [-0.05, 0) is 25.1 Å². The third kappa shape index (κ3) is 2.74. The summed E-state index contributed by atoms with van der Waals surface area (Å²) in [6.45, 7) is 1.52. The summed E-state index contributed by atoms with van der Waals surface area (Å²) in [6, 6.07) is 4.06. The topological polar surface area (TPSA) is 50.4 Å². The first-order valence-electron chi connectivity index (χ1n) is 5.56. The fraction of sp³-hybridized carbons (Fsp3) is 0.417. The third-order valence-electron chi connectivity index (χ3n) is 2.85. The van der Waals surface area contributed by atoms with Crippen molar-refractivity contribution >= 4 is 11.6 Å². The minimum Gasteiger partial charge on any atom is -0.495 e. The van der Waals surface area contributed by atoms with E-state index in [1.807, 2.05) is 0 Å². The second-order valence-corrected chi connectivity index (χ2v) is 4.02. The molecule has 0 aromatic heterocycles. The first-order valence-corrected chi connectivity index (χ1v) is 5.56. The summed E-state index contributed by atoms with van der Waals surface area (Å²) in [5, 5.41) is 5.81. The Balaban J connectivity index is 2.11. The molecule has 92 valence electrons. The fourth-order valence-corrected chi connectivity index (χ4v) is 1.89. The molecule has 1 unspecified atom stereocenters. The molecule has 1 heterocycles. The predicted molar refractivity (Wildman–Crippen MR) is 62.6 cm³/mol. The van der Waals surface area contributed by atoms with E-state index in [1.54, 1.807) is 0 Å². The molecule has 0 bridgehead atoms. The van der Waals surface area contributed by atoms with Crippen molar-refractivity contribution < 1.29 is 13.9 Å². The highest BCUT2D eigenvalue weighted by atomic mass is 19.1. The zero-order valence-corrected chi connectivity index (χ0v) is 9.63. The van der Waals surface area contributed by atoms with Crippen molar-refractivity contribution in [1.82, 2.24) is 5.32 Å². The lowest BCUT2D eigenvalue weighted by Gasteiger charge is -2.12. The maximum absolute atomic E-state index is 13.1. The minimum absolute atomic E-state index is 0.0528. The molecule has 0 radical (unpaired) electrons. The number of ether oxygens (including phenoxy) is 1. The molecule has 0 saturated carbocycles. The SMILES string of the molecule is COc1ccc(F)cc1NC(=O)C1CCNC1. The Morgan fingerprint density at radius 1 is 1.59 bits per heavy atom. The number of benzene rings is 1. The van der Waals surface area contributed by atoms with E-state index in [4.69, 9.17) is 4.74 Å². The predicted octanol–water partition coefficient (Wildman–Crippen LogP) is 1.38. The number of hydrogen-bond acceptors (Lipinski definition) is 3. The van der Waals surface area contributed by atoms with Crippen LogP contribution in [0.4, 0.5) is 10.1 Å². The van der Waals surface area contributed by atoms with Crippen molar-refractivity contribution in [3.8, 4) is 5.75 Å². The number of rotatable bonds is 3. The van der Waals surface area contributed by atoms with E-state index in [1.165, 1.54) is 25.3 Å². The van der Waals surface area contributed by atoms with Crippen molar-refractivity contribution in [3.05, 3.63) is 24.0 Å². The Hall–Kier alpha value is -1.62. The van der Waals surface area contributed by atoms with Gasteiger partial charge in [-0.2, -0.15) is 0 Å². The van der Waals surface area contributed by atoms with Crippen LogP contribution in [-0.4, -0.2) is 26.1 Å². The highest BCUT2D eigenvalue weighted by Crippen LogP contribution is 2.25. The monoisotopic (exact) mass is 238 g/mol. The van der Waals surface area contributed by atoms with Gasteiger partial charge < -0.3 is 15.4 Å². The molecule has 1 aromatic carbocycles. The van der Waals surface area contributed by atoms with E-state index < -0.39 is 5.82 Å². The lowest BCUT2D eigenvalue weighted by molar-refractivity contribution is -0.119. The van der Waals surface area contributed by atoms with Gasteiger partial charge in [0.1, 0.15) is 11.6 Å². The second-order valence-electron chi connectivity index (χ2n) is 4.02. The summed E-state index contributed by atoms with van der Waals surface area (Å²) in [5.74, 6) is -0.0850. The van der Waals surface area contributed by atoms with Gasteiger partial charge >= 0.3 is 0 Å². The summed E-state index contributed by atoms with van der Waals surface area (Å²) in [5.41, 5.74) is 0.379. The molecule has 1 fully saturated rings. The summed E-state index contributed by atoms with van der Waals surface area (Å²) < 4.78 is 18.2. The average Bonchev–Trinajstić information content (AvgIpc) is 2.83. The average molecular weight is 238 g/mol. The van der Waals surface area contributed by atoms with E-state index in [9.17, 15) is 9.18 Å². The Morgan fingerprint density at radius 2 is 2.41 bits per heavy atom. The maximum Gasteiger partial charge on any atom is 0.228 e. The molecule has 1 aliphatic rings. The lowest BCUT2D eigenvalue weighted by atomic mass is 10.1. The third-order valence-corrected chi connectivity index (χ3v) is 2.85. The van der Waals surface area contributed by atoms with Crippen molar-refractivity contribution in [1.29, 1.82) is 0 Å². The van der Waals surface area contributed by atoms with E-state index in [2.05, 4.69) is 10.6 Å². The molecule has 17 heavy (non-hydrogen) atoms. The summed E-state index contributed by atoms with van der Waals surface area (Å²) >= 11 is 0. The molecule has 1 aliphatic heterocycles. The summed E-state index contributed by atoms with van der Waals surface area (Å²) in [6.07, 6.45) is 0.809. The van der Waals surface area contributed by atoms with Crippen LogP contribution in [0.3, 0.4) is 0 Å². The molecule has 4 nitrogen and oxygen atoms in total. The maximum atomic E-state index is 13.1. The van der Waals surface area contributed by atoms with Crippen LogP contribution < -0.4 is 15.4 Å². The number of carbonyl (C=O) groups excluding carboxylic acids is 1. The van der Waals surface area contributed by atoms with E-state index in [0.29, 0.717) is 18.0 Å². The fourth-order valence-electron chi connectivity index (χ4n) is 1.89. The zero-order valence-electron chi connectivity index (χ0n) is 9.63. The number of halogens is 1. The quantitative estimate of drug-likeness (QED) is 0.836. The van der Waals surface area contributed by atoms with Gasteiger partial charge in [-0.25, -0.2) is 4.39 Å². The van der Waals surface area contributed by atoms with Crippen LogP contribution in [0.1, 0.15) is 6.42 Å². The zero-order chi connectivity index (χ0) is 12.3. The second kappa shape index (κ2) is 5.14. The smallest absolute Gasteiger partial charge is 0.228 e. The first-order chi connectivity index (χ1) is 8.20. The molecular formula is C12H15FN2O2. The number of methoxy groups -OCH3 is 1. The van der Waals surface area contributed by atoms with Crippen molar-refractivity contribution in [2.75, 3.05) is 25.5 Å². The van der Waals surface area contributed by atoms with E-state index in [-0.39, 0.29) is 11.8 Å². The van der Waals surface area contributed by atoms with Crippen LogP contribution in [0.25, 0.3) is 0 Å². The first kappa shape index (κ1) is 11.9. The van der Waals surface area contributed by atoms with Gasteiger partial charge in [-0.3, -0.25) is 4.79 Å². The number of carbonyl (C=O) groups is 1. The van der Waals surface area contributed by atoms with Crippen molar-refractivity contribution in [3.63, 3.8) is 0 Å². The van der Waals surface area contributed by atoms with Gasteiger partial charge in [0.2, 0.25) is 5.91 Å². The van der Waals surface area contributed by atoms with Crippen LogP contribution in [-0.2, 0) is 4.79 Å². The van der Waals surface area contributed by atoms with Gasteiger partial charge in [0, 0.05) is 12.6 Å².